The van der Waals surface area contributed by atoms with E-state index in [4.69, 9.17) is 14.2 Å². The number of hydrogen-bond donors (Lipinski definition) is 1. The molecule has 1 aliphatic heterocycles. The molecule has 0 unspecified atom stereocenters. The van der Waals surface area contributed by atoms with E-state index in [1.54, 1.807) is 32.0 Å². The van der Waals surface area contributed by atoms with Crippen LogP contribution in [-0.4, -0.2) is 53.4 Å². The van der Waals surface area contributed by atoms with Crippen LogP contribution in [0.25, 0.3) is 11.1 Å². The highest BCUT2D eigenvalue weighted by Gasteiger charge is 2.23. The van der Waals surface area contributed by atoms with Gasteiger partial charge in [-0.3, -0.25) is 9.59 Å². The maximum Gasteiger partial charge on any atom is 0.260 e. The molecule has 1 aromatic heterocycles. The van der Waals surface area contributed by atoms with E-state index in [1.807, 2.05) is 50.2 Å². The molecule has 8 heteroatoms. The van der Waals surface area contributed by atoms with Crippen molar-refractivity contribution in [2.45, 2.75) is 33.3 Å². The van der Waals surface area contributed by atoms with Crippen LogP contribution in [0.5, 0.6) is 17.2 Å². The third kappa shape index (κ3) is 6.03. The zero-order valence-corrected chi connectivity index (χ0v) is 22.0. The Morgan fingerprint density at radius 3 is 2.35 bits per heavy atom. The summed E-state index contributed by atoms with van der Waals surface area (Å²) in [6.45, 7) is 9.15. The zero-order valence-electron chi connectivity index (χ0n) is 22.0. The maximum atomic E-state index is 12.7. The van der Waals surface area contributed by atoms with Gasteiger partial charge in [0.1, 0.15) is 17.2 Å². The number of aromatic nitrogens is 1. The second kappa shape index (κ2) is 10.8. The molecular weight excluding hydrogens is 472 g/mol. The topological polar surface area (TPSA) is 90.2 Å². The normalized spacial score (nSPS) is 13.9. The van der Waals surface area contributed by atoms with E-state index in [-0.39, 0.29) is 23.8 Å². The number of carbonyl (C=O) groups excluding carboxylic acids is 1. The Hall–Kier alpha value is -3.62. The molecule has 0 spiro atoms. The van der Waals surface area contributed by atoms with E-state index in [0.717, 1.165) is 16.9 Å². The van der Waals surface area contributed by atoms with E-state index < -0.39 is 5.60 Å². The van der Waals surface area contributed by atoms with Crippen LogP contribution >= 0.6 is 0 Å². The SMILES string of the molecule is Cc1cccc(C)c1Oc1ccc(C(C)(C)O)cc1-c1cn(C)c(=O)cc1OCC(=O)N1CCOCC1. The van der Waals surface area contributed by atoms with Crippen LogP contribution < -0.4 is 15.0 Å². The standard InChI is InChI=1S/C29H34N2O6/c1-19-7-6-8-20(2)28(19)37-24-10-9-21(29(3,4)34)15-22(24)23-17-30(5)26(32)16-25(23)36-18-27(33)31-11-13-35-14-12-31/h6-10,15-17,34H,11-14,18H2,1-5H3. The predicted octanol–water partition coefficient (Wildman–Crippen LogP) is 3.93. The predicted molar refractivity (Wildman–Crippen MR) is 141 cm³/mol. The van der Waals surface area contributed by atoms with Crippen LogP contribution in [-0.2, 0) is 22.2 Å². The molecule has 0 bridgehead atoms. The number of pyridine rings is 1. The van der Waals surface area contributed by atoms with Gasteiger partial charge in [-0.15, -0.1) is 0 Å². The molecule has 196 valence electrons. The summed E-state index contributed by atoms with van der Waals surface area (Å²) in [7, 11) is 1.65. The summed E-state index contributed by atoms with van der Waals surface area (Å²) in [5, 5.41) is 10.7. The number of amides is 1. The molecule has 4 rings (SSSR count). The van der Waals surface area contributed by atoms with E-state index >= 15 is 0 Å². The number of aliphatic hydroxyl groups is 1. The van der Waals surface area contributed by atoms with Gasteiger partial charge < -0.3 is 28.8 Å². The van der Waals surface area contributed by atoms with Gasteiger partial charge >= 0.3 is 0 Å². The van der Waals surface area contributed by atoms with Gasteiger partial charge in [-0.25, -0.2) is 0 Å². The molecule has 0 atom stereocenters. The van der Waals surface area contributed by atoms with Gasteiger partial charge in [-0.1, -0.05) is 24.3 Å². The number of rotatable bonds is 7. The maximum absolute atomic E-state index is 12.7. The average molecular weight is 507 g/mol. The number of nitrogens with zero attached hydrogens (tertiary/aromatic N) is 2. The van der Waals surface area contributed by atoms with Crippen LogP contribution in [0.2, 0.25) is 0 Å². The fourth-order valence-corrected chi connectivity index (χ4v) is 4.26. The average Bonchev–Trinajstić information content (AvgIpc) is 2.86. The van der Waals surface area contributed by atoms with Gasteiger partial charge in [0, 0.05) is 43.5 Å². The smallest absolute Gasteiger partial charge is 0.260 e. The molecule has 3 aromatic rings. The van der Waals surface area contributed by atoms with Crippen molar-refractivity contribution >= 4 is 5.91 Å². The van der Waals surface area contributed by atoms with Crippen LogP contribution in [0.4, 0.5) is 0 Å². The molecule has 2 heterocycles. The first kappa shape index (κ1) is 26.4. The van der Waals surface area contributed by atoms with Gasteiger partial charge in [0.2, 0.25) is 0 Å². The monoisotopic (exact) mass is 506 g/mol. The van der Waals surface area contributed by atoms with Crippen molar-refractivity contribution in [3.63, 3.8) is 0 Å². The lowest BCUT2D eigenvalue weighted by atomic mass is 9.93. The van der Waals surface area contributed by atoms with Gasteiger partial charge in [0.25, 0.3) is 11.5 Å². The minimum Gasteiger partial charge on any atom is -0.483 e. The van der Waals surface area contributed by atoms with Gasteiger partial charge in [0.15, 0.2) is 6.61 Å². The summed E-state index contributed by atoms with van der Waals surface area (Å²) in [6, 6.07) is 12.8. The molecule has 2 aromatic carbocycles. The highest BCUT2D eigenvalue weighted by Crippen LogP contribution is 2.41. The third-order valence-corrected chi connectivity index (χ3v) is 6.50. The van der Waals surface area contributed by atoms with Gasteiger partial charge in [0.05, 0.1) is 18.8 Å². The molecule has 1 fully saturated rings. The first-order chi connectivity index (χ1) is 17.5. The highest BCUT2D eigenvalue weighted by molar-refractivity contribution is 5.80. The lowest BCUT2D eigenvalue weighted by Gasteiger charge is -2.27. The number of carbonyl (C=O) groups is 1. The van der Waals surface area contributed by atoms with E-state index in [0.29, 0.717) is 48.7 Å². The van der Waals surface area contributed by atoms with Crippen molar-refractivity contribution in [2.75, 3.05) is 32.9 Å². The third-order valence-electron chi connectivity index (χ3n) is 6.50. The van der Waals surface area contributed by atoms with Crippen molar-refractivity contribution in [1.82, 2.24) is 9.47 Å². The molecule has 0 aliphatic carbocycles. The van der Waals surface area contributed by atoms with Crippen LogP contribution in [0.3, 0.4) is 0 Å². The summed E-state index contributed by atoms with van der Waals surface area (Å²) in [5.74, 6) is 1.36. The van der Waals surface area contributed by atoms with Crippen molar-refractivity contribution < 1.29 is 24.1 Å². The summed E-state index contributed by atoms with van der Waals surface area (Å²) in [6.07, 6.45) is 1.66. The number of morpholine rings is 1. The van der Waals surface area contributed by atoms with E-state index in [2.05, 4.69) is 0 Å². The van der Waals surface area contributed by atoms with Gasteiger partial charge in [-0.05, 0) is 56.5 Å². The van der Waals surface area contributed by atoms with Gasteiger partial charge in [-0.2, -0.15) is 0 Å². The second-order valence-electron chi connectivity index (χ2n) is 9.88. The second-order valence-corrected chi connectivity index (χ2v) is 9.88. The van der Waals surface area contributed by atoms with Crippen molar-refractivity contribution in [1.29, 1.82) is 0 Å². The fourth-order valence-electron chi connectivity index (χ4n) is 4.26. The molecular formula is C29H34N2O6. The Morgan fingerprint density at radius 1 is 1.03 bits per heavy atom. The summed E-state index contributed by atoms with van der Waals surface area (Å²) in [5.41, 5.74) is 2.45. The summed E-state index contributed by atoms with van der Waals surface area (Å²) in [4.78, 5) is 27.0. The molecule has 1 N–H and O–H groups in total. The molecule has 37 heavy (non-hydrogen) atoms. The molecule has 8 nitrogen and oxygen atoms in total. The molecule has 1 amide bonds. The molecule has 0 saturated carbocycles. The van der Waals surface area contributed by atoms with Crippen LogP contribution in [0, 0.1) is 13.8 Å². The lowest BCUT2D eigenvalue weighted by molar-refractivity contribution is -0.137. The van der Waals surface area contributed by atoms with E-state index in [1.165, 1.54) is 10.6 Å². The first-order valence-corrected chi connectivity index (χ1v) is 12.3. The lowest BCUT2D eigenvalue weighted by Crippen LogP contribution is -2.43. The quantitative estimate of drug-likeness (QED) is 0.522. The van der Waals surface area contributed by atoms with E-state index in [9.17, 15) is 14.7 Å². The Bertz CT molecular complexity index is 1330. The Morgan fingerprint density at radius 2 is 1.70 bits per heavy atom. The molecule has 0 radical (unpaired) electrons. The highest BCUT2D eigenvalue weighted by atomic mass is 16.5. The first-order valence-electron chi connectivity index (χ1n) is 12.3. The van der Waals surface area contributed by atoms with Crippen molar-refractivity contribution in [2.24, 2.45) is 7.05 Å². The number of para-hydroxylation sites is 1. The summed E-state index contributed by atoms with van der Waals surface area (Å²) < 4.78 is 19.2. The Kier molecular flexibility index (Phi) is 7.71. The number of benzene rings is 2. The summed E-state index contributed by atoms with van der Waals surface area (Å²) >= 11 is 0. The number of ether oxygens (including phenoxy) is 3. The Labute approximate surface area is 217 Å². The van der Waals surface area contributed by atoms with Crippen molar-refractivity contribution in [3.8, 4) is 28.4 Å². The Balaban J connectivity index is 1.78. The minimum absolute atomic E-state index is 0.174. The zero-order chi connectivity index (χ0) is 26.7. The largest absolute Gasteiger partial charge is 0.483 e. The van der Waals surface area contributed by atoms with Crippen molar-refractivity contribution in [3.05, 3.63) is 75.7 Å². The minimum atomic E-state index is -1.11. The van der Waals surface area contributed by atoms with Crippen LogP contribution in [0.15, 0.2) is 53.5 Å². The molecule has 1 saturated heterocycles. The number of aryl methyl sites for hydroxylation is 3. The molecule has 1 aliphatic rings. The van der Waals surface area contributed by atoms with Crippen LogP contribution in [0.1, 0.15) is 30.5 Å². The fraction of sp³-hybridized carbons (Fsp3) is 0.379. The number of hydrogen-bond acceptors (Lipinski definition) is 6.